The summed E-state index contributed by atoms with van der Waals surface area (Å²) >= 11 is 0. The Balaban J connectivity index is 1.26. The standard InChI is InChI=1S/C22H21N7O2/c1-13-4-5-18(29-25-7-8-26-29)16(9-13)21(30)28-12-14-10-15(14)19(28)11-24-22-27-17-3-2-6-23-20(17)31-22/h2-9,14-15,19H,10-12H2,1H3,(H,24,27). The van der Waals surface area contributed by atoms with Gasteiger partial charge >= 0.3 is 0 Å². The van der Waals surface area contributed by atoms with Crippen LogP contribution in [0.4, 0.5) is 6.01 Å². The van der Waals surface area contributed by atoms with Crippen molar-refractivity contribution in [3.05, 3.63) is 60.0 Å². The predicted octanol–water partition coefficient (Wildman–Crippen LogP) is 2.68. The van der Waals surface area contributed by atoms with Crippen LogP contribution in [0.3, 0.4) is 0 Å². The Morgan fingerprint density at radius 2 is 2.10 bits per heavy atom. The van der Waals surface area contributed by atoms with Crippen LogP contribution in [0, 0.1) is 18.8 Å². The molecule has 0 bridgehead atoms. The van der Waals surface area contributed by atoms with Crippen molar-refractivity contribution in [2.45, 2.75) is 19.4 Å². The number of oxazole rings is 1. The Morgan fingerprint density at radius 3 is 2.94 bits per heavy atom. The van der Waals surface area contributed by atoms with Gasteiger partial charge < -0.3 is 14.6 Å². The van der Waals surface area contributed by atoms with E-state index >= 15 is 0 Å². The van der Waals surface area contributed by atoms with Crippen LogP contribution < -0.4 is 5.32 Å². The highest BCUT2D eigenvalue weighted by atomic mass is 16.4. The normalized spacial score (nSPS) is 22.0. The summed E-state index contributed by atoms with van der Waals surface area (Å²) in [4.78, 5) is 25.7. The van der Waals surface area contributed by atoms with E-state index < -0.39 is 0 Å². The van der Waals surface area contributed by atoms with Crippen LogP contribution in [0.1, 0.15) is 22.3 Å². The third-order valence-electron chi connectivity index (χ3n) is 6.21. The molecule has 9 heteroatoms. The van der Waals surface area contributed by atoms with E-state index in [2.05, 4.69) is 25.5 Å². The maximum Gasteiger partial charge on any atom is 0.297 e. The van der Waals surface area contributed by atoms with Gasteiger partial charge in [0.25, 0.3) is 11.9 Å². The van der Waals surface area contributed by atoms with E-state index in [-0.39, 0.29) is 11.9 Å². The van der Waals surface area contributed by atoms with E-state index in [9.17, 15) is 4.79 Å². The van der Waals surface area contributed by atoms with E-state index in [1.54, 1.807) is 18.6 Å². The molecule has 4 heterocycles. The van der Waals surface area contributed by atoms with Crippen molar-refractivity contribution in [1.82, 2.24) is 29.9 Å². The Morgan fingerprint density at radius 1 is 1.23 bits per heavy atom. The van der Waals surface area contributed by atoms with E-state index in [1.807, 2.05) is 42.2 Å². The maximum atomic E-state index is 13.6. The fourth-order valence-corrected chi connectivity index (χ4v) is 4.59. The maximum absolute atomic E-state index is 13.6. The van der Waals surface area contributed by atoms with Crippen LogP contribution >= 0.6 is 0 Å². The molecule has 1 aliphatic carbocycles. The largest absolute Gasteiger partial charge is 0.404 e. The van der Waals surface area contributed by atoms with Crippen LogP contribution in [0.15, 0.2) is 53.3 Å². The summed E-state index contributed by atoms with van der Waals surface area (Å²) in [6, 6.07) is 10.00. The van der Waals surface area contributed by atoms with E-state index in [4.69, 9.17) is 4.42 Å². The van der Waals surface area contributed by atoms with Crippen LogP contribution in [0.5, 0.6) is 0 Å². The fraction of sp³-hybridized carbons (Fsp3) is 0.318. The molecular formula is C22H21N7O2. The molecule has 0 spiro atoms. The van der Waals surface area contributed by atoms with E-state index in [1.165, 1.54) is 4.80 Å². The summed E-state index contributed by atoms with van der Waals surface area (Å²) in [5, 5.41) is 11.7. The van der Waals surface area contributed by atoms with Gasteiger partial charge in [-0.1, -0.05) is 11.6 Å². The molecule has 1 N–H and O–H groups in total. The van der Waals surface area contributed by atoms with Crippen LogP contribution in [0.2, 0.25) is 0 Å². The number of nitrogens with one attached hydrogen (secondary N) is 1. The van der Waals surface area contributed by atoms with Gasteiger partial charge in [0.05, 0.1) is 29.7 Å². The van der Waals surface area contributed by atoms with Gasteiger partial charge in [-0.3, -0.25) is 4.79 Å². The third kappa shape index (κ3) is 3.13. The summed E-state index contributed by atoms with van der Waals surface area (Å²) in [7, 11) is 0. The molecule has 2 fully saturated rings. The summed E-state index contributed by atoms with van der Waals surface area (Å²) in [6.45, 7) is 3.34. The average Bonchev–Trinajstić information content (AvgIpc) is 3.17. The number of hydrogen-bond acceptors (Lipinski definition) is 7. The lowest BCUT2D eigenvalue weighted by Gasteiger charge is -2.28. The number of aromatic nitrogens is 5. The smallest absolute Gasteiger partial charge is 0.297 e. The minimum atomic E-state index is 0.00855. The van der Waals surface area contributed by atoms with Gasteiger partial charge in [0.1, 0.15) is 5.52 Å². The second kappa shape index (κ2) is 6.90. The summed E-state index contributed by atoms with van der Waals surface area (Å²) in [5.41, 5.74) is 3.55. The monoisotopic (exact) mass is 415 g/mol. The number of carbonyl (C=O) groups excluding carboxylic acids is 1. The van der Waals surface area contributed by atoms with Crippen molar-refractivity contribution < 1.29 is 9.21 Å². The number of amides is 1. The Labute approximate surface area is 178 Å². The number of rotatable bonds is 5. The first-order valence-electron chi connectivity index (χ1n) is 10.4. The molecule has 156 valence electrons. The zero-order valence-electron chi connectivity index (χ0n) is 17.0. The highest BCUT2D eigenvalue weighted by Gasteiger charge is 2.54. The molecule has 3 unspecified atom stereocenters. The quantitative estimate of drug-likeness (QED) is 0.535. The topological polar surface area (TPSA) is 102 Å². The number of fused-ring (bicyclic) bond motifs is 2. The lowest BCUT2D eigenvalue weighted by atomic mass is 10.1. The Kier molecular flexibility index (Phi) is 4.02. The molecule has 4 aromatic rings. The molecule has 1 aliphatic heterocycles. The molecular weight excluding hydrogens is 394 g/mol. The number of anilines is 1. The second-order valence-corrected chi connectivity index (χ2v) is 8.25. The Bertz CT molecular complexity index is 1230. The third-order valence-corrected chi connectivity index (χ3v) is 6.21. The molecule has 1 amide bonds. The number of piperidine rings is 1. The predicted molar refractivity (Wildman–Crippen MR) is 113 cm³/mol. The number of hydrogen-bond donors (Lipinski definition) is 1. The van der Waals surface area contributed by atoms with Crippen LogP contribution in [-0.4, -0.2) is 54.9 Å². The molecule has 0 radical (unpaired) electrons. The van der Waals surface area contributed by atoms with Crippen molar-refractivity contribution in [1.29, 1.82) is 0 Å². The van der Waals surface area contributed by atoms with Crippen LogP contribution in [0.25, 0.3) is 16.9 Å². The van der Waals surface area contributed by atoms with Crippen molar-refractivity contribution in [2.24, 2.45) is 11.8 Å². The van der Waals surface area contributed by atoms with Gasteiger partial charge in [-0.05, 0) is 49.4 Å². The highest BCUT2D eigenvalue weighted by molar-refractivity contribution is 5.98. The van der Waals surface area contributed by atoms with Crippen molar-refractivity contribution in [3.8, 4) is 5.69 Å². The first-order valence-corrected chi connectivity index (χ1v) is 10.4. The SMILES string of the molecule is Cc1ccc(-n2nccn2)c(C(=O)N2CC3CC3C2CNc2nc3cccnc3o2)c1. The van der Waals surface area contributed by atoms with Gasteiger partial charge in [-0.25, -0.2) is 4.98 Å². The number of pyridine rings is 1. The highest BCUT2D eigenvalue weighted by Crippen LogP contribution is 2.50. The van der Waals surface area contributed by atoms with Crippen molar-refractivity contribution in [3.63, 3.8) is 0 Å². The molecule has 1 aromatic carbocycles. The van der Waals surface area contributed by atoms with Crippen LogP contribution in [-0.2, 0) is 0 Å². The van der Waals surface area contributed by atoms with Gasteiger partial charge in [0, 0.05) is 19.3 Å². The van der Waals surface area contributed by atoms with Crippen molar-refractivity contribution in [2.75, 3.05) is 18.4 Å². The number of benzene rings is 1. The lowest BCUT2D eigenvalue weighted by Crippen LogP contribution is -2.42. The van der Waals surface area contributed by atoms with Gasteiger partial charge in [-0.2, -0.15) is 20.0 Å². The zero-order valence-corrected chi connectivity index (χ0v) is 17.0. The molecule has 31 heavy (non-hydrogen) atoms. The molecule has 3 atom stereocenters. The van der Waals surface area contributed by atoms with Gasteiger partial charge in [0.15, 0.2) is 0 Å². The number of carbonyl (C=O) groups is 1. The minimum absolute atomic E-state index is 0.00855. The summed E-state index contributed by atoms with van der Waals surface area (Å²) < 4.78 is 5.68. The number of likely N-dealkylation sites (tertiary alicyclic amines) is 1. The number of nitrogens with zero attached hydrogens (tertiary/aromatic N) is 6. The number of aryl methyl sites for hydroxylation is 1. The first-order chi connectivity index (χ1) is 15.2. The molecule has 2 aliphatic rings. The summed E-state index contributed by atoms with van der Waals surface area (Å²) in [6.07, 6.45) is 6.06. The zero-order chi connectivity index (χ0) is 20.9. The van der Waals surface area contributed by atoms with Gasteiger partial charge in [-0.15, -0.1) is 0 Å². The second-order valence-electron chi connectivity index (χ2n) is 8.25. The van der Waals surface area contributed by atoms with E-state index in [0.29, 0.717) is 46.9 Å². The molecule has 1 saturated heterocycles. The Hall–Kier alpha value is -3.75. The molecule has 9 nitrogen and oxygen atoms in total. The average molecular weight is 415 g/mol. The molecule has 1 saturated carbocycles. The van der Waals surface area contributed by atoms with Crippen molar-refractivity contribution >= 4 is 23.2 Å². The summed E-state index contributed by atoms with van der Waals surface area (Å²) in [5.74, 6) is 1.08. The van der Waals surface area contributed by atoms with Gasteiger partial charge in [0.2, 0.25) is 5.71 Å². The lowest BCUT2D eigenvalue weighted by molar-refractivity contribution is 0.0714. The minimum Gasteiger partial charge on any atom is -0.404 e. The fourth-order valence-electron chi connectivity index (χ4n) is 4.59. The molecule has 3 aromatic heterocycles. The van der Waals surface area contributed by atoms with E-state index in [0.717, 1.165) is 18.5 Å². The molecule has 6 rings (SSSR count). The first kappa shape index (κ1) is 18.1.